The van der Waals surface area contributed by atoms with Crippen LogP contribution in [0, 0.1) is 0 Å². The molecule has 0 aliphatic carbocycles. The van der Waals surface area contributed by atoms with E-state index in [-0.39, 0.29) is 25.5 Å². The molecule has 0 fully saturated rings. The highest BCUT2D eigenvalue weighted by Crippen LogP contribution is 2.02. The van der Waals surface area contributed by atoms with Crippen molar-refractivity contribution in [3.8, 4) is 0 Å². The number of nitrogens with two attached hydrogens (primary N) is 2. The molecule has 0 saturated heterocycles. The summed E-state index contributed by atoms with van der Waals surface area (Å²) < 4.78 is 26.4. The van der Waals surface area contributed by atoms with E-state index in [2.05, 4.69) is 4.18 Å². The average Bonchev–Trinajstić information content (AvgIpc) is 2.02. The molecule has 6 nitrogen and oxygen atoms in total. The maximum absolute atomic E-state index is 11.0. The average molecular weight is 212 g/mol. The largest absolute Gasteiger partial charge is 0.394 e. The molecule has 1 unspecified atom stereocenters. The molecular formula is C6H16N2O4S. The van der Waals surface area contributed by atoms with Crippen LogP contribution in [0.3, 0.4) is 0 Å². The molecule has 0 aromatic rings. The highest BCUT2D eigenvalue weighted by Gasteiger charge is 2.21. The monoisotopic (exact) mass is 212 g/mol. The van der Waals surface area contributed by atoms with Crippen LogP contribution < -0.4 is 11.5 Å². The number of rotatable bonds is 6. The lowest BCUT2D eigenvalue weighted by molar-refractivity contribution is 0.149. The Bertz CT molecular complexity index is 237. The Labute approximate surface area is 78.0 Å². The molecule has 0 bridgehead atoms. The minimum Gasteiger partial charge on any atom is -0.394 e. The van der Waals surface area contributed by atoms with Crippen molar-refractivity contribution >= 4 is 10.1 Å². The van der Waals surface area contributed by atoms with Crippen LogP contribution in [0.4, 0.5) is 0 Å². The van der Waals surface area contributed by atoms with Crippen LogP contribution in [-0.2, 0) is 14.3 Å². The van der Waals surface area contributed by atoms with Gasteiger partial charge in [-0.1, -0.05) is 0 Å². The maximum atomic E-state index is 11.0. The molecule has 0 aliphatic rings. The SMILES string of the molecule is CC(N)(CO)COS(=O)(=O)CCN. The Hall–Kier alpha value is -0.210. The van der Waals surface area contributed by atoms with Crippen molar-refractivity contribution in [2.24, 2.45) is 11.5 Å². The van der Waals surface area contributed by atoms with Crippen LogP contribution in [0.1, 0.15) is 6.92 Å². The van der Waals surface area contributed by atoms with E-state index in [4.69, 9.17) is 16.6 Å². The van der Waals surface area contributed by atoms with Gasteiger partial charge < -0.3 is 16.6 Å². The van der Waals surface area contributed by atoms with E-state index >= 15 is 0 Å². The van der Waals surface area contributed by atoms with Gasteiger partial charge in [0.1, 0.15) is 0 Å². The van der Waals surface area contributed by atoms with Crippen molar-refractivity contribution in [3.05, 3.63) is 0 Å². The van der Waals surface area contributed by atoms with E-state index in [0.717, 1.165) is 0 Å². The maximum Gasteiger partial charge on any atom is 0.268 e. The second-order valence-electron chi connectivity index (χ2n) is 3.12. The Morgan fingerprint density at radius 1 is 1.54 bits per heavy atom. The van der Waals surface area contributed by atoms with Gasteiger partial charge >= 0.3 is 0 Å². The summed E-state index contributed by atoms with van der Waals surface area (Å²) in [7, 11) is -3.59. The first-order chi connectivity index (χ1) is 5.83. The fraction of sp³-hybridized carbons (Fsp3) is 1.00. The van der Waals surface area contributed by atoms with Crippen molar-refractivity contribution in [1.82, 2.24) is 0 Å². The van der Waals surface area contributed by atoms with Gasteiger partial charge in [-0.2, -0.15) is 8.42 Å². The van der Waals surface area contributed by atoms with E-state index in [1.807, 2.05) is 0 Å². The van der Waals surface area contributed by atoms with Crippen LogP contribution >= 0.6 is 0 Å². The van der Waals surface area contributed by atoms with Gasteiger partial charge in [-0.3, -0.25) is 4.18 Å². The predicted octanol–water partition coefficient (Wildman–Crippen LogP) is -2.00. The smallest absolute Gasteiger partial charge is 0.268 e. The van der Waals surface area contributed by atoms with Gasteiger partial charge in [-0.05, 0) is 6.92 Å². The minimum absolute atomic E-state index is 0.00272. The molecule has 0 saturated carbocycles. The van der Waals surface area contributed by atoms with Gasteiger partial charge in [0.15, 0.2) is 0 Å². The molecule has 0 aromatic heterocycles. The zero-order valence-electron chi connectivity index (χ0n) is 7.56. The van der Waals surface area contributed by atoms with Crippen molar-refractivity contribution in [2.75, 3.05) is 25.5 Å². The van der Waals surface area contributed by atoms with Gasteiger partial charge in [0, 0.05) is 6.54 Å². The molecule has 0 rings (SSSR count). The highest BCUT2D eigenvalue weighted by molar-refractivity contribution is 7.86. The third-order valence-corrected chi connectivity index (χ3v) is 2.51. The molecule has 0 heterocycles. The Morgan fingerprint density at radius 3 is 2.46 bits per heavy atom. The molecule has 7 heteroatoms. The van der Waals surface area contributed by atoms with Gasteiger partial charge in [0.05, 0.1) is 24.5 Å². The molecule has 5 N–H and O–H groups in total. The molecule has 0 aliphatic heterocycles. The van der Waals surface area contributed by atoms with E-state index in [9.17, 15) is 8.42 Å². The number of aliphatic hydroxyl groups excluding tert-OH is 1. The lowest BCUT2D eigenvalue weighted by Crippen LogP contribution is -2.45. The topological polar surface area (TPSA) is 116 Å². The van der Waals surface area contributed by atoms with Crippen LogP contribution in [0.15, 0.2) is 0 Å². The first-order valence-corrected chi connectivity index (χ1v) is 5.37. The summed E-state index contributed by atoms with van der Waals surface area (Å²) in [6.45, 7) is 0.907. The van der Waals surface area contributed by atoms with Gasteiger partial charge in [0.25, 0.3) is 10.1 Å². The van der Waals surface area contributed by atoms with Crippen LogP contribution in [0.2, 0.25) is 0 Å². The van der Waals surface area contributed by atoms with E-state index in [0.29, 0.717) is 0 Å². The molecule has 0 aromatic carbocycles. The molecule has 0 amide bonds. The van der Waals surface area contributed by atoms with Crippen molar-refractivity contribution in [1.29, 1.82) is 0 Å². The molecule has 80 valence electrons. The second-order valence-corrected chi connectivity index (χ2v) is 4.88. The molecule has 1 atom stereocenters. The fourth-order valence-corrected chi connectivity index (χ4v) is 1.33. The standard InChI is InChI=1S/C6H16N2O4S/c1-6(8,4-9)5-12-13(10,11)3-2-7/h9H,2-5,7-8H2,1H3. The molecule has 0 radical (unpaired) electrons. The van der Waals surface area contributed by atoms with E-state index in [1.165, 1.54) is 6.92 Å². The van der Waals surface area contributed by atoms with Gasteiger partial charge in [-0.25, -0.2) is 0 Å². The predicted molar refractivity (Wildman–Crippen MR) is 48.5 cm³/mol. The summed E-state index contributed by atoms with van der Waals surface area (Å²) in [4.78, 5) is 0. The summed E-state index contributed by atoms with van der Waals surface area (Å²) in [6.07, 6.45) is 0. The lowest BCUT2D eigenvalue weighted by Gasteiger charge is -2.20. The molecule has 13 heavy (non-hydrogen) atoms. The highest BCUT2D eigenvalue weighted by atomic mass is 32.2. The Kier molecular flexibility index (Phi) is 4.79. The fourth-order valence-electron chi connectivity index (χ4n) is 0.473. The van der Waals surface area contributed by atoms with Crippen LogP contribution in [0.5, 0.6) is 0 Å². The third kappa shape index (κ3) is 5.94. The second kappa shape index (κ2) is 4.87. The quantitative estimate of drug-likeness (QED) is 0.439. The van der Waals surface area contributed by atoms with Crippen molar-refractivity contribution in [2.45, 2.75) is 12.5 Å². The number of hydrogen-bond acceptors (Lipinski definition) is 6. The number of aliphatic hydroxyl groups is 1. The van der Waals surface area contributed by atoms with E-state index < -0.39 is 15.7 Å². The van der Waals surface area contributed by atoms with Crippen LogP contribution in [-0.4, -0.2) is 44.6 Å². The van der Waals surface area contributed by atoms with Crippen molar-refractivity contribution < 1.29 is 17.7 Å². The van der Waals surface area contributed by atoms with Gasteiger partial charge in [0.2, 0.25) is 0 Å². The summed E-state index contributed by atoms with van der Waals surface area (Å²) in [5, 5.41) is 8.70. The Balaban J connectivity index is 4.02. The minimum atomic E-state index is -3.59. The molecule has 0 spiro atoms. The zero-order chi connectivity index (χ0) is 10.5. The normalized spacial score (nSPS) is 16.9. The summed E-state index contributed by atoms with van der Waals surface area (Å²) in [5.41, 5.74) is 9.46. The van der Waals surface area contributed by atoms with Gasteiger partial charge in [-0.15, -0.1) is 0 Å². The third-order valence-electron chi connectivity index (χ3n) is 1.30. The van der Waals surface area contributed by atoms with E-state index in [1.54, 1.807) is 0 Å². The first-order valence-electron chi connectivity index (χ1n) is 3.80. The zero-order valence-corrected chi connectivity index (χ0v) is 8.38. The van der Waals surface area contributed by atoms with Crippen molar-refractivity contribution in [3.63, 3.8) is 0 Å². The van der Waals surface area contributed by atoms with Crippen LogP contribution in [0.25, 0.3) is 0 Å². The summed E-state index contributed by atoms with van der Waals surface area (Å²) in [5.74, 6) is -0.242. The molecular weight excluding hydrogens is 196 g/mol. The lowest BCUT2D eigenvalue weighted by atomic mass is 10.1. The first kappa shape index (κ1) is 12.8. The Morgan fingerprint density at radius 2 is 2.08 bits per heavy atom. The summed E-state index contributed by atoms with van der Waals surface area (Å²) >= 11 is 0. The number of hydrogen-bond donors (Lipinski definition) is 3. The summed E-state index contributed by atoms with van der Waals surface area (Å²) in [6, 6.07) is 0.